The molecule has 1 amide bonds. The van der Waals surface area contributed by atoms with Crippen LogP contribution in [0.1, 0.15) is 40.0 Å². The number of hydrogen-bond donors (Lipinski definition) is 2. The molecule has 0 aromatic carbocycles. The van der Waals surface area contributed by atoms with Gasteiger partial charge >= 0.3 is 0 Å². The van der Waals surface area contributed by atoms with E-state index in [1.54, 1.807) is 0 Å². The predicted molar refractivity (Wildman–Crippen MR) is 86.4 cm³/mol. The van der Waals surface area contributed by atoms with Gasteiger partial charge in [-0.15, -0.1) is 0 Å². The van der Waals surface area contributed by atoms with E-state index in [2.05, 4.69) is 41.2 Å². The maximum atomic E-state index is 12.2. The standard InChI is InChI=1S/C16H32N4O/c1-16(2,3)20-10-5-14(6-11-20)18-15(21)13-19-9-4-7-17-8-12-19/h14,17H,4-13H2,1-3H3,(H,18,21). The Bertz CT molecular complexity index is 324. The Balaban J connectivity index is 1.69. The Morgan fingerprint density at radius 3 is 2.52 bits per heavy atom. The smallest absolute Gasteiger partial charge is 0.234 e. The van der Waals surface area contributed by atoms with Crippen molar-refractivity contribution in [2.75, 3.05) is 45.8 Å². The van der Waals surface area contributed by atoms with Crippen LogP contribution >= 0.6 is 0 Å². The molecule has 2 saturated heterocycles. The number of hydrogen-bond acceptors (Lipinski definition) is 4. The van der Waals surface area contributed by atoms with Crippen LogP contribution in [0, 0.1) is 0 Å². The fourth-order valence-electron chi connectivity index (χ4n) is 3.23. The average molecular weight is 296 g/mol. The minimum Gasteiger partial charge on any atom is -0.352 e. The molecule has 0 spiro atoms. The van der Waals surface area contributed by atoms with Crippen LogP contribution < -0.4 is 10.6 Å². The van der Waals surface area contributed by atoms with Gasteiger partial charge in [0.2, 0.25) is 5.91 Å². The van der Waals surface area contributed by atoms with Crippen LogP contribution in [0.4, 0.5) is 0 Å². The number of amides is 1. The van der Waals surface area contributed by atoms with Crippen molar-refractivity contribution in [3.05, 3.63) is 0 Å². The number of carbonyl (C=O) groups excluding carboxylic acids is 1. The lowest BCUT2D eigenvalue weighted by Gasteiger charge is -2.41. The Kier molecular flexibility index (Phi) is 6.02. The molecule has 0 atom stereocenters. The Morgan fingerprint density at radius 2 is 1.86 bits per heavy atom. The van der Waals surface area contributed by atoms with Crippen molar-refractivity contribution in [3.63, 3.8) is 0 Å². The molecule has 21 heavy (non-hydrogen) atoms. The molecule has 0 bridgehead atoms. The third kappa shape index (κ3) is 5.57. The lowest BCUT2D eigenvalue weighted by atomic mass is 9.98. The molecule has 0 aromatic rings. The summed E-state index contributed by atoms with van der Waals surface area (Å²) in [4.78, 5) is 17.0. The Labute approximate surface area is 129 Å². The monoisotopic (exact) mass is 296 g/mol. The number of likely N-dealkylation sites (tertiary alicyclic amines) is 1. The highest BCUT2D eigenvalue weighted by molar-refractivity contribution is 5.78. The molecular formula is C16H32N4O. The molecule has 0 unspecified atom stereocenters. The zero-order valence-electron chi connectivity index (χ0n) is 14.0. The molecule has 2 aliphatic rings. The van der Waals surface area contributed by atoms with E-state index in [4.69, 9.17) is 0 Å². The van der Waals surface area contributed by atoms with Crippen LogP contribution in [0.5, 0.6) is 0 Å². The summed E-state index contributed by atoms with van der Waals surface area (Å²) in [6, 6.07) is 0.362. The van der Waals surface area contributed by atoms with Gasteiger partial charge in [0.25, 0.3) is 0 Å². The highest BCUT2D eigenvalue weighted by Gasteiger charge is 2.27. The Morgan fingerprint density at radius 1 is 1.14 bits per heavy atom. The van der Waals surface area contributed by atoms with Gasteiger partial charge in [-0.05, 0) is 53.1 Å². The maximum absolute atomic E-state index is 12.2. The van der Waals surface area contributed by atoms with Gasteiger partial charge in [-0.1, -0.05) is 0 Å². The summed E-state index contributed by atoms with van der Waals surface area (Å²) in [6.07, 6.45) is 3.28. The highest BCUT2D eigenvalue weighted by Crippen LogP contribution is 2.19. The lowest BCUT2D eigenvalue weighted by Crippen LogP contribution is -2.52. The molecule has 2 fully saturated rings. The van der Waals surface area contributed by atoms with Crippen molar-refractivity contribution in [1.82, 2.24) is 20.4 Å². The molecule has 2 aliphatic heterocycles. The van der Waals surface area contributed by atoms with E-state index in [0.717, 1.165) is 58.5 Å². The van der Waals surface area contributed by atoms with Gasteiger partial charge in [-0.3, -0.25) is 14.6 Å². The van der Waals surface area contributed by atoms with E-state index in [0.29, 0.717) is 12.6 Å². The molecule has 5 heteroatoms. The normalized spacial score (nSPS) is 23.8. The third-order valence-corrected chi connectivity index (χ3v) is 4.61. The van der Waals surface area contributed by atoms with Crippen molar-refractivity contribution in [3.8, 4) is 0 Å². The molecule has 2 heterocycles. The molecule has 0 radical (unpaired) electrons. The Hall–Kier alpha value is -0.650. The minimum absolute atomic E-state index is 0.200. The second kappa shape index (κ2) is 7.56. The summed E-state index contributed by atoms with van der Waals surface area (Å²) < 4.78 is 0. The van der Waals surface area contributed by atoms with E-state index in [1.807, 2.05) is 0 Å². The first-order valence-corrected chi connectivity index (χ1v) is 8.42. The number of rotatable bonds is 3. The van der Waals surface area contributed by atoms with Crippen LogP contribution in [0.2, 0.25) is 0 Å². The number of nitrogens with zero attached hydrogens (tertiary/aromatic N) is 2. The molecule has 5 nitrogen and oxygen atoms in total. The summed E-state index contributed by atoms with van der Waals surface area (Å²) in [5.74, 6) is 0.200. The van der Waals surface area contributed by atoms with Crippen LogP contribution in [-0.2, 0) is 4.79 Å². The van der Waals surface area contributed by atoms with E-state index in [-0.39, 0.29) is 11.4 Å². The molecule has 122 valence electrons. The molecule has 0 aliphatic carbocycles. The summed E-state index contributed by atoms with van der Waals surface area (Å²) in [6.45, 7) is 13.6. The SMILES string of the molecule is CC(C)(C)N1CCC(NC(=O)CN2CCCNCC2)CC1. The molecule has 0 aromatic heterocycles. The van der Waals surface area contributed by atoms with E-state index < -0.39 is 0 Å². The second-order valence-electron chi connectivity index (χ2n) is 7.38. The molecule has 0 saturated carbocycles. The van der Waals surface area contributed by atoms with Gasteiger partial charge in [0.15, 0.2) is 0 Å². The van der Waals surface area contributed by atoms with Gasteiger partial charge < -0.3 is 10.6 Å². The first-order chi connectivity index (χ1) is 9.95. The van der Waals surface area contributed by atoms with E-state index in [1.165, 1.54) is 0 Å². The fourth-order valence-corrected chi connectivity index (χ4v) is 3.23. The van der Waals surface area contributed by atoms with E-state index in [9.17, 15) is 4.79 Å². The van der Waals surface area contributed by atoms with Crippen LogP contribution in [0.25, 0.3) is 0 Å². The van der Waals surface area contributed by atoms with Crippen LogP contribution in [0.3, 0.4) is 0 Å². The van der Waals surface area contributed by atoms with Crippen LogP contribution in [0.15, 0.2) is 0 Å². The predicted octanol–water partition coefficient (Wildman–Crippen LogP) is 0.661. The molecular weight excluding hydrogens is 264 g/mol. The first kappa shape index (κ1) is 16.7. The quantitative estimate of drug-likeness (QED) is 0.803. The first-order valence-electron chi connectivity index (χ1n) is 8.42. The van der Waals surface area contributed by atoms with Crippen molar-refractivity contribution < 1.29 is 4.79 Å². The average Bonchev–Trinajstić information content (AvgIpc) is 2.67. The maximum Gasteiger partial charge on any atom is 0.234 e. The summed E-state index contributed by atoms with van der Waals surface area (Å²) in [5.41, 5.74) is 0.244. The van der Waals surface area contributed by atoms with Gasteiger partial charge in [0.1, 0.15) is 0 Å². The van der Waals surface area contributed by atoms with Gasteiger partial charge in [0, 0.05) is 37.8 Å². The van der Waals surface area contributed by atoms with Gasteiger partial charge in [-0.25, -0.2) is 0 Å². The summed E-state index contributed by atoms with van der Waals surface area (Å²) >= 11 is 0. The fraction of sp³-hybridized carbons (Fsp3) is 0.938. The minimum atomic E-state index is 0.200. The second-order valence-corrected chi connectivity index (χ2v) is 7.38. The third-order valence-electron chi connectivity index (χ3n) is 4.61. The number of carbonyl (C=O) groups is 1. The van der Waals surface area contributed by atoms with Crippen LogP contribution in [-0.4, -0.2) is 73.1 Å². The molecule has 2 N–H and O–H groups in total. The molecule has 2 rings (SSSR count). The summed E-state index contributed by atoms with van der Waals surface area (Å²) in [5, 5.41) is 6.60. The zero-order valence-corrected chi connectivity index (χ0v) is 14.0. The summed E-state index contributed by atoms with van der Waals surface area (Å²) in [7, 11) is 0. The number of piperidine rings is 1. The number of nitrogens with one attached hydrogen (secondary N) is 2. The van der Waals surface area contributed by atoms with Crippen molar-refractivity contribution in [1.29, 1.82) is 0 Å². The topological polar surface area (TPSA) is 47.6 Å². The van der Waals surface area contributed by atoms with Gasteiger partial charge in [-0.2, -0.15) is 0 Å². The highest BCUT2D eigenvalue weighted by atomic mass is 16.2. The van der Waals surface area contributed by atoms with Crippen molar-refractivity contribution in [2.45, 2.75) is 51.6 Å². The van der Waals surface area contributed by atoms with Crippen molar-refractivity contribution >= 4 is 5.91 Å². The lowest BCUT2D eigenvalue weighted by molar-refractivity contribution is -0.123. The van der Waals surface area contributed by atoms with Gasteiger partial charge in [0.05, 0.1) is 6.54 Å². The van der Waals surface area contributed by atoms with E-state index >= 15 is 0 Å². The largest absolute Gasteiger partial charge is 0.352 e. The zero-order chi connectivity index (χ0) is 15.3. The van der Waals surface area contributed by atoms with Crippen molar-refractivity contribution in [2.24, 2.45) is 0 Å².